The lowest BCUT2D eigenvalue weighted by Gasteiger charge is -2.22. The van der Waals surface area contributed by atoms with Crippen molar-refractivity contribution in [2.24, 2.45) is 0 Å². The highest BCUT2D eigenvalue weighted by atomic mass is 19.4. The average Bonchev–Trinajstić information content (AvgIpc) is 2.96. The van der Waals surface area contributed by atoms with Crippen LogP contribution in [0, 0.1) is 6.92 Å². The smallest absolute Gasteiger partial charge is 0.416 e. The van der Waals surface area contributed by atoms with E-state index in [2.05, 4.69) is 5.32 Å². The van der Waals surface area contributed by atoms with E-state index in [0.717, 1.165) is 34.5 Å². The zero-order valence-electron chi connectivity index (χ0n) is 15.3. The number of likely N-dealkylation sites (N-methyl/N-ethyl adjacent to an activating group) is 1. The van der Waals surface area contributed by atoms with Gasteiger partial charge in [0.25, 0.3) is 0 Å². The molecule has 1 atom stereocenters. The number of hydrogen-bond acceptors (Lipinski definition) is 3. The first-order chi connectivity index (χ1) is 12.8. The van der Waals surface area contributed by atoms with Crippen LogP contribution in [0.15, 0.2) is 42.1 Å². The molecule has 1 unspecified atom stereocenters. The van der Waals surface area contributed by atoms with E-state index in [1.165, 1.54) is 13.2 Å². The monoisotopic (exact) mass is 375 g/mol. The number of carbonyl (C=O) groups excluding carboxylic acids is 1. The van der Waals surface area contributed by atoms with Gasteiger partial charge in [-0.15, -0.1) is 0 Å². The molecule has 0 radical (unpaired) electrons. The summed E-state index contributed by atoms with van der Waals surface area (Å²) in [6.07, 6.45) is -2.57. The molecule has 0 heterocycles. The fourth-order valence-corrected chi connectivity index (χ4v) is 3.47. The number of methoxy groups -OCH3 is 1. The second kappa shape index (κ2) is 7.10. The van der Waals surface area contributed by atoms with Crippen LogP contribution in [0.1, 0.15) is 51.0 Å². The summed E-state index contributed by atoms with van der Waals surface area (Å²) in [6, 6.07) is 8.96. The quantitative estimate of drug-likeness (QED) is 0.773. The third kappa shape index (κ3) is 3.56. The standard InChI is InChI=1S/C21H20F3NO2/c1-4-25-18-10-13-9-12(2)5-7-15(13)19(18)17-11-14(21(22,23)24)6-8-16(17)20(26)27-3/h5-11,19,25H,4H2,1-3H3. The lowest BCUT2D eigenvalue weighted by Crippen LogP contribution is -2.20. The predicted molar refractivity (Wildman–Crippen MR) is 97.5 cm³/mol. The molecular weight excluding hydrogens is 355 g/mol. The van der Waals surface area contributed by atoms with Crippen molar-refractivity contribution in [2.45, 2.75) is 25.9 Å². The summed E-state index contributed by atoms with van der Waals surface area (Å²) in [6.45, 7) is 4.49. The van der Waals surface area contributed by atoms with Crippen molar-refractivity contribution in [3.63, 3.8) is 0 Å². The van der Waals surface area contributed by atoms with Gasteiger partial charge >= 0.3 is 12.1 Å². The van der Waals surface area contributed by atoms with Gasteiger partial charge in [-0.25, -0.2) is 4.79 Å². The van der Waals surface area contributed by atoms with Crippen LogP contribution in [-0.4, -0.2) is 19.6 Å². The van der Waals surface area contributed by atoms with E-state index in [-0.39, 0.29) is 11.1 Å². The van der Waals surface area contributed by atoms with Crippen LogP contribution in [0.25, 0.3) is 6.08 Å². The van der Waals surface area contributed by atoms with E-state index in [1.54, 1.807) is 0 Å². The van der Waals surface area contributed by atoms with Crippen molar-refractivity contribution in [1.29, 1.82) is 0 Å². The molecule has 6 heteroatoms. The Kier molecular flexibility index (Phi) is 5.00. The van der Waals surface area contributed by atoms with Gasteiger partial charge in [-0.2, -0.15) is 13.2 Å². The van der Waals surface area contributed by atoms with Crippen molar-refractivity contribution in [1.82, 2.24) is 5.32 Å². The SMILES string of the molecule is CCNC1=Cc2cc(C)ccc2C1c1cc(C(F)(F)F)ccc1C(=O)OC. The number of fused-ring (bicyclic) bond motifs is 1. The second-order valence-corrected chi connectivity index (χ2v) is 6.49. The maximum Gasteiger partial charge on any atom is 0.416 e. The Balaban J connectivity index is 2.24. The Morgan fingerprint density at radius 2 is 1.89 bits per heavy atom. The Labute approximate surface area is 155 Å². The first-order valence-electron chi connectivity index (χ1n) is 8.61. The third-order valence-corrected chi connectivity index (χ3v) is 4.65. The Morgan fingerprint density at radius 1 is 1.15 bits per heavy atom. The topological polar surface area (TPSA) is 38.3 Å². The number of aryl methyl sites for hydroxylation is 1. The summed E-state index contributed by atoms with van der Waals surface area (Å²) < 4.78 is 44.8. The van der Waals surface area contributed by atoms with E-state index >= 15 is 0 Å². The van der Waals surface area contributed by atoms with Gasteiger partial charge in [0.05, 0.1) is 24.2 Å². The van der Waals surface area contributed by atoms with Crippen molar-refractivity contribution in [3.05, 3.63) is 75.5 Å². The summed E-state index contributed by atoms with van der Waals surface area (Å²) in [7, 11) is 1.22. The number of benzene rings is 2. The molecule has 0 fully saturated rings. The molecule has 2 aromatic rings. The predicted octanol–water partition coefficient (Wildman–Crippen LogP) is 4.90. The van der Waals surface area contributed by atoms with Gasteiger partial charge in [0.1, 0.15) is 0 Å². The summed E-state index contributed by atoms with van der Waals surface area (Å²) >= 11 is 0. The summed E-state index contributed by atoms with van der Waals surface area (Å²) in [5.41, 5.74) is 3.24. The molecule has 0 saturated carbocycles. The zero-order valence-corrected chi connectivity index (χ0v) is 15.3. The highest BCUT2D eigenvalue weighted by molar-refractivity contribution is 5.92. The molecule has 0 saturated heterocycles. The minimum atomic E-state index is -4.50. The molecule has 0 bridgehead atoms. The minimum Gasteiger partial charge on any atom is -0.465 e. The van der Waals surface area contributed by atoms with Crippen LogP contribution in [0.5, 0.6) is 0 Å². The van der Waals surface area contributed by atoms with Crippen molar-refractivity contribution < 1.29 is 22.7 Å². The molecular formula is C21H20F3NO2. The van der Waals surface area contributed by atoms with Gasteiger partial charge in [-0.05, 0) is 54.8 Å². The number of alkyl halides is 3. The number of hydrogen-bond donors (Lipinski definition) is 1. The van der Waals surface area contributed by atoms with Crippen LogP contribution >= 0.6 is 0 Å². The van der Waals surface area contributed by atoms with Gasteiger partial charge in [0.2, 0.25) is 0 Å². The van der Waals surface area contributed by atoms with E-state index in [9.17, 15) is 18.0 Å². The van der Waals surface area contributed by atoms with E-state index < -0.39 is 23.6 Å². The molecule has 2 aromatic carbocycles. The van der Waals surface area contributed by atoms with Gasteiger partial charge in [-0.3, -0.25) is 0 Å². The number of nitrogens with one attached hydrogen (secondary N) is 1. The van der Waals surface area contributed by atoms with Gasteiger partial charge in [0, 0.05) is 12.2 Å². The molecule has 1 N–H and O–H groups in total. The Bertz CT molecular complexity index is 916. The summed E-state index contributed by atoms with van der Waals surface area (Å²) in [4.78, 5) is 12.2. The second-order valence-electron chi connectivity index (χ2n) is 6.49. The van der Waals surface area contributed by atoms with E-state index in [4.69, 9.17) is 4.74 Å². The number of allylic oxidation sites excluding steroid dienone is 1. The number of carbonyl (C=O) groups is 1. The zero-order chi connectivity index (χ0) is 19.8. The fourth-order valence-electron chi connectivity index (χ4n) is 3.47. The summed E-state index contributed by atoms with van der Waals surface area (Å²) in [5.74, 6) is -1.15. The van der Waals surface area contributed by atoms with Crippen LogP contribution in [0.2, 0.25) is 0 Å². The number of esters is 1. The summed E-state index contributed by atoms with van der Waals surface area (Å²) in [5, 5.41) is 3.23. The van der Waals surface area contributed by atoms with Crippen molar-refractivity contribution >= 4 is 12.0 Å². The largest absolute Gasteiger partial charge is 0.465 e. The lowest BCUT2D eigenvalue weighted by atomic mass is 9.86. The lowest BCUT2D eigenvalue weighted by molar-refractivity contribution is -0.137. The van der Waals surface area contributed by atoms with E-state index in [0.29, 0.717) is 6.54 Å². The van der Waals surface area contributed by atoms with Gasteiger partial charge in [0.15, 0.2) is 0 Å². The van der Waals surface area contributed by atoms with Crippen molar-refractivity contribution in [2.75, 3.05) is 13.7 Å². The van der Waals surface area contributed by atoms with Crippen molar-refractivity contribution in [3.8, 4) is 0 Å². The normalized spacial score (nSPS) is 15.9. The number of rotatable bonds is 4. The molecule has 3 nitrogen and oxygen atoms in total. The maximum absolute atomic E-state index is 13.3. The molecule has 142 valence electrons. The van der Waals surface area contributed by atoms with Gasteiger partial charge < -0.3 is 10.1 Å². The molecule has 0 aliphatic heterocycles. The highest BCUT2D eigenvalue weighted by Gasteiger charge is 2.35. The molecule has 0 aromatic heterocycles. The molecule has 0 spiro atoms. The first kappa shape index (κ1) is 19.0. The highest BCUT2D eigenvalue weighted by Crippen LogP contribution is 2.43. The van der Waals surface area contributed by atoms with Crippen LogP contribution in [-0.2, 0) is 10.9 Å². The van der Waals surface area contributed by atoms with Crippen LogP contribution < -0.4 is 5.32 Å². The molecule has 1 aliphatic rings. The van der Waals surface area contributed by atoms with Crippen LogP contribution in [0.3, 0.4) is 0 Å². The molecule has 1 aliphatic carbocycles. The molecule has 0 amide bonds. The average molecular weight is 375 g/mol. The molecule has 3 rings (SSSR count). The van der Waals surface area contributed by atoms with Crippen LogP contribution in [0.4, 0.5) is 13.2 Å². The molecule has 27 heavy (non-hydrogen) atoms. The van der Waals surface area contributed by atoms with Gasteiger partial charge in [-0.1, -0.05) is 23.8 Å². The Morgan fingerprint density at radius 3 is 2.52 bits per heavy atom. The minimum absolute atomic E-state index is 0.132. The maximum atomic E-state index is 13.3. The number of ether oxygens (including phenoxy) is 1. The fraction of sp³-hybridized carbons (Fsp3) is 0.286. The third-order valence-electron chi connectivity index (χ3n) is 4.65. The number of halogens is 3. The first-order valence-corrected chi connectivity index (χ1v) is 8.61. The Hall–Kier alpha value is -2.76. The van der Waals surface area contributed by atoms with E-state index in [1.807, 2.05) is 38.1 Å².